The minimum atomic E-state index is -0.290. The SMILES string of the molecule is COc1cc(C)c(Br)cc1NC(=O)N1CCC(O)CC1. The second-order valence-electron chi connectivity index (χ2n) is 4.95. The van der Waals surface area contributed by atoms with Gasteiger partial charge in [-0.2, -0.15) is 0 Å². The topological polar surface area (TPSA) is 61.8 Å². The highest BCUT2D eigenvalue weighted by Gasteiger charge is 2.22. The summed E-state index contributed by atoms with van der Waals surface area (Å²) in [5.41, 5.74) is 1.68. The highest BCUT2D eigenvalue weighted by Crippen LogP contribution is 2.31. The molecular weight excluding hydrogens is 324 g/mol. The lowest BCUT2D eigenvalue weighted by atomic mass is 10.1. The van der Waals surface area contributed by atoms with Crippen molar-refractivity contribution in [1.82, 2.24) is 4.90 Å². The Balaban J connectivity index is 2.09. The third kappa shape index (κ3) is 3.43. The number of hydrogen-bond acceptors (Lipinski definition) is 3. The van der Waals surface area contributed by atoms with E-state index in [0.29, 0.717) is 37.4 Å². The molecule has 2 amide bonds. The Hall–Kier alpha value is -1.27. The lowest BCUT2D eigenvalue weighted by molar-refractivity contribution is 0.0972. The van der Waals surface area contributed by atoms with E-state index in [0.717, 1.165) is 10.0 Å². The number of benzene rings is 1. The van der Waals surface area contributed by atoms with Gasteiger partial charge in [0.25, 0.3) is 0 Å². The zero-order valence-electron chi connectivity index (χ0n) is 11.6. The average Bonchev–Trinajstić information content (AvgIpc) is 2.43. The number of piperidine rings is 1. The van der Waals surface area contributed by atoms with Gasteiger partial charge in [0.2, 0.25) is 0 Å². The van der Waals surface area contributed by atoms with Gasteiger partial charge in [0.1, 0.15) is 5.75 Å². The molecule has 110 valence electrons. The maximum Gasteiger partial charge on any atom is 0.321 e. The van der Waals surface area contributed by atoms with Gasteiger partial charge in [0.05, 0.1) is 18.9 Å². The molecule has 0 bridgehead atoms. The molecule has 2 N–H and O–H groups in total. The Kier molecular flexibility index (Phi) is 4.88. The number of urea groups is 1. The number of halogens is 1. The van der Waals surface area contributed by atoms with E-state index in [1.165, 1.54) is 0 Å². The molecule has 5 nitrogen and oxygen atoms in total. The van der Waals surface area contributed by atoms with E-state index in [1.807, 2.05) is 19.1 Å². The number of aliphatic hydroxyl groups is 1. The summed E-state index contributed by atoms with van der Waals surface area (Å²) in [5.74, 6) is 0.635. The summed E-state index contributed by atoms with van der Waals surface area (Å²) in [4.78, 5) is 13.9. The first-order valence-corrected chi connectivity index (χ1v) is 7.38. The normalized spacial score (nSPS) is 16.1. The predicted molar refractivity (Wildman–Crippen MR) is 81.3 cm³/mol. The van der Waals surface area contributed by atoms with Crippen LogP contribution in [-0.2, 0) is 0 Å². The summed E-state index contributed by atoms with van der Waals surface area (Å²) in [6.45, 7) is 3.11. The molecule has 1 fully saturated rings. The maximum absolute atomic E-state index is 12.2. The smallest absolute Gasteiger partial charge is 0.321 e. The largest absolute Gasteiger partial charge is 0.495 e. The van der Waals surface area contributed by atoms with Crippen molar-refractivity contribution in [3.8, 4) is 5.75 Å². The molecule has 1 aromatic rings. The Morgan fingerprint density at radius 2 is 2.10 bits per heavy atom. The summed E-state index contributed by atoms with van der Waals surface area (Å²) < 4.78 is 6.21. The molecule has 20 heavy (non-hydrogen) atoms. The second kappa shape index (κ2) is 6.45. The van der Waals surface area contributed by atoms with Crippen molar-refractivity contribution >= 4 is 27.6 Å². The zero-order chi connectivity index (χ0) is 14.7. The number of amides is 2. The van der Waals surface area contributed by atoms with E-state index in [1.54, 1.807) is 12.0 Å². The van der Waals surface area contributed by atoms with Crippen LogP contribution < -0.4 is 10.1 Å². The van der Waals surface area contributed by atoms with E-state index in [9.17, 15) is 9.90 Å². The van der Waals surface area contributed by atoms with Crippen LogP contribution in [0.25, 0.3) is 0 Å². The Morgan fingerprint density at radius 3 is 2.70 bits per heavy atom. The van der Waals surface area contributed by atoms with Crippen molar-refractivity contribution < 1.29 is 14.6 Å². The van der Waals surface area contributed by atoms with Crippen LogP contribution >= 0.6 is 15.9 Å². The fourth-order valence-corrected chi connectivity index (χ4v) is 2.53. The van der Waals surface area contributed by atoms with Gasteiger partial charge in [0.15, 0.2) is 0 Å². The van der Waals surface area contributed by atoms with Crippen LogP contribution in [0.15, 0.2) is 16.6 Å². The number of anilines is 1. The standard InChI is InChI=1S/C14H19BrN2O3/c1-9-7-13(20-2)12(8-11(9)15)16-14(19)17-5-3-10(18)4-6-17/h7-8,10,18H,3-6H2,1-2H3,(H,16,19). The van der Waals surface area contributed by atoms with Gasteiger partial charge in [-0.05, 0) is 37.5 Å². The lowest BCUT2D eigenvalue weighted by Crippen LogP contribution is -2.42. The quantitative estimate of drug-likeness (QED) is 0.868. The number of hydrogen-bond donors (Lipinski definition) is 2. The summed E-state index contributed by atoms with van der Waals surface area (Å²) in [6.07, 6.45) is 0.965. The van der Waals surface area contributed by atoms with Crippen molar-refractivity contribution in [1.29, 1.82) is 0 Å². The molecule has 0 atom stereocenters. The molecule has 0 aliphatic carbocycles. The Bertz CT molecular complexity index is 499. The number of nitrogens with one attached hydrogen (secondary N) is 1. The van der Waals surface area contributed by atoms with E-state index in [-0.39, 0.29) is 12.1 Å². The first-order chi connectivity index (χ1) is 9.51. The van der Waals surface area contributed by atoms with Crippen molar-refractivity contribution in [3.63, 3.8) is 0 Å². The number of rotatable bonds is 2. The van der Waals surface area contributed by atoms with Crippen LogP contribution in [0.5, 0.6) is 5.75 Å². The second-order valence-corrected chi connectivity index (χ2v) is 5.80. The molecule has 1 saturated heterocycles. The van der Waals surface area contributed by atoms with E-state index >= 15 is 0 Å². The lowest BCUT2D eigenvalue weighted by Gasteiger charge is -2.29. The monoisotopic (exact) mass is 342 g/mol. The fourth-order valence-electron chi connectivity index (χ4n) is 2.18. The molecular formula is C14H19BrN2O3. The molecule has 1 aliphatic heterocycles. The van der Waals surface area contributed by atoms with Crippen LogP contribution in [0.2, 0.25) is 0 Å². The van der Waals surface area contributed by atoms with Gasteiger partial charge in [-0.15, -0.1) is 0 Å². The van der Waals surface area contributed by atoms with Crippen LogP contribution in [0.3, 0.4) is 0 Å². The summed E-state index contributed by atoms with van der Waals surface area (Å²) in [5, 5.41) is 12.3. The molecule has 2 rings (SSSR count). The molecule has 1 aliphatic rings. The number of likely N-dealkylation sites (tertiary alicyclic amines) is 1. The van der Waals surface area contributed by atoms with Gasteiger partial charge in [0, 0.05) is 17.6 Å². The zero-order valence-corrected chi connectivity index (χ0v) is 13.2. The van der Waals surface area contributed by atoms with Crippen molar-refractivity contribution in [2.75, 3.05) is 25.5 Å². The summed E-state index contributed by atoms with van der Waals surface area (Å²) in [7, 11) is 1.58. The number of aryl methyl sites for hydroxylation is 1. The first kappa shape index (κ1) is 15.1. The van der Waals surface area contributed by atoms with Crippen LogP contribution in [0.4, 0.5) is 10.5 Å². The van der Waals surface area contributed by atoms with Gasteiger partial charge >= 0.3 is 6.03 Å². The molecule has 0 radical (unpaired) electrons. The fraction of sp³-hybridized carbons (Fsp3) is 0.500. The van der Waals surface area contributed by atoms with Gasteiger partial charge in [-0.3, -0.25) is 0 Å². The Labute approximate surface area is 127 Å². The van der Waals surface area contributed by atoms with Crippen LogP contribution in [0, 0.1) is 6.92 Å². The van der Waals surface area contributed by atoms with E-state index in [4.69, 9.17) is 4.74 Å². The molecule has 1 aromatic carbocycles. The number of nitrogens with zero attached hydrogens (tertiary/aromatic N) is 1. The summed E-state index contributed by atoms with van der Waals surface area (Å²) in [6, 6.07) is 3.55. The van der Waals surface area contributed by atoms with Gasteiger partial charge in [-0.25, -0.2) is 4.79 Å². The number of methoxy groups -OCH3 is 1. The van der Waals surface area contributed by atoms with Crippen molar-refractivity contribution in [2.24, 2.45) is 0 Å². The molecule has 0 unspecified atom stereocenters. The molecule has 1 heterocycles. The maximum atomic E-state index is 12.2. The van der Waals surface area contributed by atoms with Gasteiger partial charge < -0.3 is 20.1 Å². The molecule has 6 heteroatoms. The van der Waals surface area contributed by atoms with Crippen LogP contribution in [0.1, 0.15) is 18.4 Å². The number of aliphatic hydroxyl groups excluding tert-OH is 1. The third-order valence-corrected chi connectivity index (χ3v) is 4.33. The highest BCUT2D eigenvalue weighted by molar-refractivity contribution is 9.10. The van der Waals surface area contributed by atoms with Gasteiger partial charge in [-0.1, -0.05) is 15.9 Å². The minimum Gasteiger partial charge on any atom is -0.495 e. The number of carbonyl (C=O) groups is 1. The molecule has 0 aromatic heterocycles. The van der Waals surface area contributed by atoms with Crippen LogP contribution in [-0.4, -0.2) is 42.3 Å². The van der Waals surface area contributed by atoms with E-state index in [2.05, 4.69) is 21.2 Å². The van der Waals surface area contributed by atoms with Crippen molar-refractivity contribution in [3.05, 3.63) is 22.2 Å². The molecule has 0 spiro atoms. The summed E-state index contributed by atoms with van der Waals surface area (Å²) >= 11 is 3.45. The van der Waals surface area contributed by atoms with Crippen molar-refractivity contribution in [2.45, 2.75) is 25.9 Å². The number of carbonyl (C=O) groups excluding carboxylic acids is 1. The predicted octanol–water partition coefficient (Wildman–Crippen LogP) is 2.75. The average molecular weight is 343 g/mol. The number of ether oxygens (including phenoxy) is 1. The molecule has 0 saturated carbocycles. The Morgan fingerprint density at radius 1 is 1.45 bits per heavy atom. The third-order valence-electron chi connectivity index (χ3n) is 3.47. The highest BCUT2D eigenvalue weighted by atomic mass is 79.9. The first-order valence-electron chi connectivity index (χ1n) is 6.59. The van der Waals surface area contributed by atoms with E-state index < -0.39 is 0 Å². The minimum absolute atomic E-state index is 0.161.